The highest BCUT2D eigenvalue weighted by Crippen LogP contribution is 2.37. The molecule has 2 aromatic heterocycles. The number of benzene rings is 2. The minimum absolute atomic E-state index is 0.104. The second-order valence-electron chi connectivity index (χ2n) is 10.1. The average molecular weight is 502 g/mol. The highest BCUT2D eigenvalue weighted by atomic mass is 19.1. The predicted molar refractivity (Wildman–Crippen MR) is 139 cm³/mol. The number of hydrogen-bond acceptors (Lipinski definition) is 4. The maximum absolute atomic E-state index is 14.5. The van der Waals surface area contributed by atoms with Crippen molar-refractivity contribution in [3.8, 4) is 0 Å². The van der Waals surface area contributed by atoms with Gasteiger partial charge in [-0.1, -0.05) is 30.3 Å². The summed E-state index contributed by atoms with van der Waals surface area (Å²) < 4.78 is 29.9. The quantitative estimate of drug-likeness (QED) is 0.355. The summed E-state index contributed by atoms with van der Waals surface area (Å²) in [6, 6.07) is 17.3. The normalized spacial score (nSPS) is 21.9. The van der Waals surface area contributed by atoms with E-state index < -0.39 is 11.6 Å². The molecule has 1 aliphatic carbocycles. The van der Waals surface area contributed by atoms with Crippen LogP contribution in [0.3, 0.4) is 0 Å². The Balaban J connectivity index is 1.19. The lowest BCUT2D eigenvalue weighted by Gasteiger charge is -2.29. The first-order chi connectivity index (χ1) is 18.1. The number of carbonyl (C=O) groups excluding carboxylic acids is 1. The standard InChI is InChI=1S/C29H29F2N5O/c30-21-10-13-24(31)23(17-21)26-7-4-16-35(26)27-15-14-25-28(34-27)36(18-32-25)29(37)33-22-11-8-20(9-12-22)19-5-2-1-3-6-19/h1-3,5-6,10,13-15,17-18,20,22,26H,4,7-9,11-12,16H2,(H,33,37)/t20?,22?,26-/m1/s1. The first kappa shape index (κ1) is 23.6. The van der Waals surface area contributed by atoms with E-state index in [0.717, 1.165) is 38.2 Å². The van der Waals surface area contributed by atoms with Gasteiger partial charge in [0.2, 0.25) is 0 Å². The fourth-order valence-electron chi connectivity index (χ4n) is 5.87. The van der Waals surface area contributed by atoms with Crippen LogP contribution in [-0.4, -0.2) is 33.2 Å². The SMILES string of the molecule is O=C(NC1CCC(c2ccccc2)CC1)n1cnc2ccc(N3CCC[C@@H]3c3cc(F)ccc3F)nc21. The largest absolute Gasteiger partial charge is 0.349 e. The Bertz CT molecular complexity index is 1410. The van der Waals surface area contributed by atoms with E-state index in [0.29, 0.717) is 41.4 Å². The van der Waals surface area contributed by atoms with Crippen molar-refractivity contribution in [3.63, 3.8) is 0 Å². The van der Waals surface area contributed by atoms with Crippen LogP contribution in [0.15, 0.2) is 67.0 Å². The summed E-state index contributed by atoms with van der Waals surface area (Å²) in [5, 5.41) is 3.16. The van der Waals surface area contributed by atoms with E-state index in [-0.39, 0.29) is 18.1 Å². The number of halogens is 2. The molecule has 2 aliphatic rings. The van der Waals surface area contributed by atoms with Gasteiger partial charge in [-0.25, -0.2) is 28.1 Å². The number of anilines is 1. The van der Waals surface area contributed by atoms with E-state index in [1.54, 1.807) is 0 Å². The molecule has 2 fully saturated rings. The lowest BCUT2D eigenvalue weighted by Crippen LogP contribution is -2.39. The number of pyridine rings is 1. The summed E-state index contributed by atoms with van der Waals surface area (Å²) in [6.07, 6.45) is 6.96. The van der Waals surface area contributed by atoms with Gasteiger partial charge >= 0.3 is 6.03 Å². The molecular weight excluding hydrogens is 472 g/mol. The molecule has 2 aromatic carbocycles. The summed E-state index contributed by atoms with van der Waals surface area (Å²) in [6.45, 7) is 0.671. The van der Waals surface area contributed by atoms with Crippen LogP contribution in [0.25, 0.3) is 11.2 Å². The van der Waals surface area contributed by atoms with Crippen molar-refractivity contribution in [1.82, 2.24) is 19.9 Å². The Morgan fingerprint density at radius 1 is 0.946 bits per heavy atom. The smallest absolute Gasteiger partial charge is 0.328 e. The molecule has 0 unspecified atom stereocenters. The van der Waals surface area contributed by atoms with E-state index in [1.807, 2.05) is 23.1 Å². The van der Waals surface area contributed by atoms with Gasteiger partial charge in [-0.2, -0.15) is 0 Å². The number of rotatable bonds is 4. The molecule has 0 spiro atoms. The molecule has 1 aliphatic heterocycles. The van der Waals surface area contributed by atoms with Crippen molar-refractivity contribution in [2.75, 3.05) is 11.4 Å². The number of carbonyl (C=O) groups is 1. The fraction of sp³-hybridized carbons (Fsp3) is 0.345. The van der Waals surface area contributed by atoms with E-state index in [4.69, 9.17) is 4.98 Å². The lowest BCUT2D eigenvalue weighted by atomic mass is 9.82. The van der Waals surface area contributed by atoms with Crippen LogP contribution in [0.2, 0.25) is 0 Å². The minimum Gasteiger partial charge on any atom is -0.349 e. The maximum Gasteiger partial charge on any atom is 0.328 e. The van der Waals surface area contributed by atoms with E-state index in [1.165, 1.54) is 28.6 Å². The molecule has 0 radical (unpaired) electrons. The second-order valence-corrected chi connectivity index (χ2v) is 10.1. The van der Waals surface area contributed by atoms with Gasteiger partial charge in [-0.15, -0.1) is 0 Å². The van der Waals surface area contributed by atoms with Crippen molar-refractivity contribution in [1.29, 1.82) is 0 Å². The van der Waals surface area contributed by atoms with Gasteiger partial charge in [-0.3, -0.25) is 0 Å². The Labute approximate surface area is 214 Å². The molecule has 3 heterocycles. The summed E-state index contributed by atoms with van der Waals surface area (Å²) in [7, 11) is 0. The lowest BCUT2D eigenvalue weighted by molar-refractivity contribution is 0.233. The molecule has 8 heteroatoms. The predicted octanol–water partition coefficient (Wildman–Crippen LogP) is 6.34. The molecular formula is C29H29F2N5O. The third-order valence-electron chi connectivity index (χ3n) is 7.79. The van der Waals surface area contributed by atoms with Gasteiger partial charge in [0.1, 0.15) is 29.3 Å². The summed E-state index contributed by atoms with van der Waals surface area (Å²) in [5.74, 6) is 0.269. The second kappa shape index (κ2) is 9.92. The van der Waals surface area contributed by atoms with Crippen LogP contribution in [0.4, 0.5) is 19.4 Å². The minimum atomic E-state index is -0.459. The number of amides is 1. The third-order valence-corrected chi connectivity index (χ3v) is 7.79. The zero-order valence-corrected chi connectivity index (χ0v) is 20.5. The van der Waals surface area contributed by atoms with Gasteiger partial charge in [0.15, 0.2) is 5.65 Å². The number of hydrogen-bond donors (Lipinski definition) is 1. The first-order valence-corrected chi connectivity index (χ1v) is 13.0. The maximum atomic E-state index is 14.5. The van der Waals surface area contributed by atoms with Gasteiger partial charge in [0, 0.05) is 18.2 Å². The van der Waals surface area contributed by atoms with Crippen molar-refractivity contribution in [3.05, 3.63) is 89.8 Å². The molecule has 4 aromatic rings. The van der Waals surface area contributed by atoms with Gasteiger partial charge in [0.25, 0.3) is 0 Å². The molecule has 1 atom stereocenters. The molecule has 190 valence electrons. The van der Waals surface area contributed by atoms with Crippen LogP contribution < -0.4 is 10.2 Å². The number of aromatic nitrogens is 3. The zero-order valence-electron chi connectivity index (χ0n) is 20.5. The van der Waals surface area contributed by atoms with E-state index >= 15 is 0 Å². The Morgan fingerprint density at radius 3 is 2.57 bits per heavy atom. The van der Waals surface area contributed by atoms with Gasteiger partial charge < -0.3 is 10.2 Å². The van der Waals surface area contributed by atoms with Gasteiger partial charge in [-0.05, 0) is 80.3 Å². The zero-order chi connectivity index (χ0) is 25.4. The van der Waals surface area contributed by atoms with Crippen LogP contribution in [-0.2, 0) is 0 Å². The number of imidazole rings is 1. The van der Waals surface area contributed by atoms with Crippen molar-refractivity contribution < 1.29 is 13.6 Å². The average Bonchev–Trinajstić information content (AvgIpc) is 3.58. The monoisotopic (exact) mass is 501 g/mol. The van der Waals surface area contributed by atoms with Crippen molar-refractivity contribution in [2.45, 2.75) is 56.5 Å². The summed E-state index contributed by atoms with van der Waals surface area (Å²) >= 11 is 0. The molecule has 1 saturated heterocycles. The Hall–Kier alpha value is -3.81. The molecule has 6 nitrogen and oxygen atoms in total. The van der Waals surface area contributed by atoms with Gasteiger partial charge in [0.05, 0.1) is 6.04 Å². The van der Waals surface area contributed by atoms with Crippen LogP contribution in [0, 0.1) is 11.6 Å². The fourth-order valence-corrected chi connectivity index (χ4v) is 5.87. The highest BCUT2D eigenvalue weighted by molar-refractivity contribution is 5.87. The Kier molecular flexibility index (Phi) is 6.32. The van der Waals surface area contributed by atoms with Crippen LogP contribution in [0.5, 0.6) is 0 Å². The molecule has 0 bridgehead atoms. The molecule has 6 rings (SSSR count). The third kappa shape index (κ3) is 4.68. The van der Waals surface area contributed by atoms with Crippen LogP contribution >= 0.6 is 0 Å². The first-order valence-electron chi connectivity index (χ1n) is 13.0. The molecule has 1 N–H and O–H groups in total. The number of nitrogens with one attached hydrogen (secondary N) is 1. The van der Waals surface area contributed by atoms with Crippen molar-refractivity contribution >= 4 is 23.0 Å². The summed E-state index contributed by atoms with van der Waals surface area (Å²) in [4.78, 5) is 24.3. The Morgan fingerprint density at radius 2 is 1.76 bits per heavy atom. The molecule has 37 heavy (non-hydrogen) atoms. The van der Waals surface area contributed by atoms with Crippen LogP contribution in [0.1, 0.15) is 61.6 Å². The topological polar surface area (TPSA) is 63.1 Å². The molecule has 1 amide bonds. The van der Waals surface area contributed by atoms with E-state index in [2.05, 4.69) is 34.6 Å². The summed E-state index contributed by atoms with van der Waals surface area (Å²) in [5.41, 5.74) is 2.76. The highest BCUT2D eigenvalue weighted by Gasteiger charge is 2.30. The number of nitrogens with zero attached hydrogens (tertiary/aromatic N) is 4. The van der Waals surface area contributed by atoms with E-state index in [9.17, 15) is 13.6 Å². The molecule has 1 saturated carbocycles. The van der Waals surface area contributed by atoms with Crippen molar-refractivity contribution in [2.24, 2.45) is 0 Å². The number of fused-ring (bicyclic) bond motifs is 1.